The number of ether oxygens (including phenoxy) is 6. The van der Waals surface area contributed by atoms with Crippen LogP contribution < -0.4 is 16.0 Å². The van der Waals surface area contributed by atoms with Crippen molar-refractivity contribution in [2.75, 3.05) is 78.9 Å². The fourth-order valence-electron chi connectivity index (χ4n) is 11.8. The average molecular weight is 1370 g/mol. The third-order valence-electron chi connectivity index (χ3n) is 17.2. The van der Waals surface area contributed by atoms with E-state index in [2.05, 4.69) is 63.6 Å². The standard InChI is InChI=1S/C69H98BrN9O15/c1-47-25-29-58(70)75-66(47)76-67(87)56-40-69(4)41-57(69)79(56)62(85)44-78-65-48(2)38-50(39-54(65)64(77-78)49(3)80)51-42-72-59(73-43-51)30-27-53(82)45-93-36-35-92-33-31-71-61(84)46-94-37-34-91-32-21-22-52(81)26-28-55(68(88)90-6)74-60(83)23-19-17-15-13-11-9-7-8-10-12-14-16-18-20-24-63(86)89-5/h25,29,38-39,42-43,55-57H,7-24,26-28,30-37,40-41,44-46H2,1-6H3,(H,71,84)(H,74,83)(H,75,76,87)/t55-,56-,57+,69-/m0/s1. The van der Waals surface area contributed by atoms with E-state index in [9.17, 15) is 43.2 Å². The Bertz CT molecular complexity index is 3160. The summed E-state index contributed by atoms with van der Waals surface area (Å²) in [7, 11) is 2.69. The molecule has 1 aliphatic carbocycles. The first kappa shape index (κ1) is 76.1. The van der Waals surface area contributed by atoms with Crippen LogP contribution in [0.2, 0.25) is 0 Å². The molecular weight excluding hydrogens is 1270 g/mol. The zero-order valence-electron chi connectivity index (χ0n) is 55.9. The topological polar surface area (TPSA) is 305 Å². The first-order chi connectivity index (χ1) is 45.3. The van der Waals surface area contributed by atoms with Gasteiger partial charge < -0.3 is 49.3 Å². The number of carbonyl (C=O) groups excluding carboxylic acids is 9. The summed E-state index contributed by atoms with van der Waals surface area (Å²) < 4.78 is 33.7. The number of unbranched alkanes of at least 4 members (excludes halogenated alkanes) is 13. The first-order valence-electron chi connectivity index (χ1n) is 33.4. The van der Waals surface area contributed by atoms with E-state index in [1.807, 2.05) is 32.0 Å². The minimum atomic E-state index is -0.881. The highest BCUT2D eigenvalue weighted by Gasteiger charge is 2.64. The third-order valence-corrected chi connectivity index (χ3v) is 17.6. The molecule has 4 atom stereocenters. The molecule has 4 aromatic rings. The minimum absolute atomic E-state index is 0.0513. The summed E-state index contributed by atoms with van der Waals surface area (Å²) in [4.78, 5) is 130. The molecule has 25 heteroatoms. The average Bonchev–Trinajstić information content (AvgIpc) is 1.55. The van der Waals surface area contributed by atoms with Crippen molar-refractivity contribution in [3.05, 3.63) is 63.9 Å². The van der Waals surface area contributed by atoms with Crippen LogP contribution in [0.25, 0.3) is 22.0 Å². The van der Waals surface area contributed by atoms with E-state index >= 15 is 0 Å². The number of esters is 2. The summed E-state index contributed by atoms with van der Waals surface area (Å²) >= 11 is 3.37. The van der Waals surface area contributed by atoms with Gasteiger partial charge in [0.05, 0.1) is 52.8 Å². The number of amides is 4. The van der Waals surface area contributed by atoms with Crippen molar-refractivity contribution < 1.29 is 71.6 Å². The van der Waals surface area contributed by atoms with Gasteiger partial charge in [0.15, 0.2) is 11.6 Å². The Morgan fingerprint density at radius 1 is 0.660 bits per heavy atom. The number of methoxy groups -OCH3 is 2. The SMILES string of the molecule is COC(=O)CCCCCCCCCCCCCCCCC(=O)N[C@@H](CCC(=O)CCCOCCOCC(=O)NCCOCCOCC(=O)CCc1ncc(-c2cc(C)c3c(c2)c(C(C)=O)nn3CC(=O)N2[C@H](C(=O)Nc3nc(Br)ccc3C)C[C@@]3(C)C[C@@H]23)cn1)C(=O)OC. The first-order valence-corrected chi connectivity index (χ1v) is 34.2. The number of Topliss-reactive ketones (excluding diaryl/α,β-unsaturated/α-hetero) is 3. The molecule has 1 saturated carbocycles. The second kappa shape index (κ2) is 40.5. The highest BCUT2D eigenvalue weighted by molar-refractivity contribution is 9.10. The van der Waals surface area contributed by atoms with Gasteiger partial charge in [-0.15, -0.1) is 0 Å². The number of nitrogens with zero attached hydrogens (tertiary/aromatic N) is 6. The maximum absolute atomic E-state index is 14.2. The number of piperidine rings is 1. The maximum atomic E-state index is 14.2. The van der Waals surface area contributed by atoms with E-state index < -0.39 is 18.1 Å². The molecule has 0 bridgehead atoms. The Morgan fingerprint density at radius 3 is 1.94 bits per heavy atom. The van der Waals surface area contributed by atoms with Crippen LogP contribution in [0.15, 0.2) is 41.3 Å². The molecule has 94 heavy (non-hydrogen) atoms. The van der Waals surface area contributed by atoms with Crippen molar-refractivity contribution in [2.24, 2.45) is 5.41 Å². The molecule has 3 aromatic heterocycles. The summed E-state index contributed by atoms with van der Waals surface area (Å²) in [5.74, 6) is -1.35. The molecule has 516 valence electrons. The summed E-state index contributed by atoms with van der Waals surface area (Å²) in [6.45, 7) is 8.45. The molecule has 0 radical (unpaired) electrons. The Hall–Kier alpha value is -6.93. The van der Waals surface area contributed by atoms with Gasteiger partial charge in [-0.25, -0.2) is 19.7 Å². The number of fused-ring (bicyclic) bond motifs is 2. The number of anilines is 1. The number of benzene rings is 1. The van der Waals surface area contributed by atoms with Crippen LogP contribution in [0.4, 0.5) is 5.82 Å². The van der Waals surface area contributed by atoms with Gasteiger partial charge >= 0.3 is 11.9 Å². The number of likely N-dealkylation sites (tertiary alicyclic amines) is 1. The molecule has 4 heterocycles. The lowest BCUT2D eigenvalue weighted by Gasteiger charge is -2.27. The number of hydrogen-bond donors (Lipinski definition) is 3. The fourth-order valence-corrected chi connectivity index (χ4v) is 12.1. The number of aromatic nitrogens is 5. The molecule has 24 nitrogen and oxygen atoms in total. The second-order valence-electron chi connectivity index (χ2n) is 24.9. The third kappa shape index (κ3) is 25.7. The van der Waals surface area contributed by atoms with Crippen molar-refractivity contribution in [3.8, 4) is 11.1 Å². The monoisotopic (exact) mass is 1370 g/mol. The van der Waals surface area contributed by atoms with Crippen molar-refractivity contribution in [3.63, 3.8) is 0 Å². The lowest BCUT2D eigenvalue weighted by molar-refractivity contribution is -0.145. The zero-order chi connectivity index (χ0) is 67.8. The summed E-state index contributed by atoms with van der Waals surface area (Å²) in [6, 6.07) is 5.77. The van der Waals surface area contributed by atoms with Gasteiger partial charge in [-0.1, -0.05) is 90.0 Å². The van der Waals surface area contributed by atoms with Gasteiger partial charge in [0.1, 0.15) is 59.6 Å². The Kier molecular flexibility index (Phi) is 32.8. The number of halogens is 1. The summed E-state index contributed by atoms with van der Waals surface area (Å²) in [6.07, 6.45) is 22.6. The Labute approximate surface area is 560 Å². The zero-order valence-corrected chi connectivity index (χ0v) is 57.5. The van der Waals surface area contributed by atoms with Gasteiger partial charge in [-0.3, -0.25) is 43.0 Å². The van der Waals surface area contributed by atoms with Gasteiger partial charge in [0, 0.05) is 88.0 Å². The highest BCUT2D eigenvalue weighted by atomic mass is 79.9. The van der Waals surface area contributed by atoms with E-state index in [1.165, 1.54) is 72.5 Å². The molecule has 4 amide bonds. The summed E-state index contributed by atoms with van der Waals surface area (Å²) in [5.41, 5.74) is 3.71. The van der Waals surface area contributed by atoms with Gasteiger partial charge in [-0.2, -0.15) is 5.10 Å². The largest absolute Gasteiger partial charge is 0.469 e. The molecule has 0 unspecified atom stereocenters. The van der Waals surface area contributed by atoms with Gasteiger partial charge in [0.2, 0.25) is 23.6 Å². The van der Waals surface area contributed by atoms with Crippen LogP contribution in [-0.2, 0) is 79.7 Å². The Morgan fingerprint density at radius 2 is 1.29 bits per heavy atom. The lowest BCUT2D eigenvalue weighted by atomic mass is 10.0. The molecular formula is C69H98BrN9O15. The minimum Gasteiger partial charge on any atom is -0.469 e. The molecule has 1 aromatic carbocycles. The van der Waals surface area contributed by atoms with E-state index in [-0.39, 0.29) is 149 Å². The molecule has 3 N–H and O–H groups in total. The van der Waals surface area contributed by atoms with Crippen LogP contribution in [0.5, 0.6) is 0 Å². The van der Waals surface area contributed by atoms with Crippen LogP contribution in [0.1, 0.15) is 189 Å². The molecule has 2 aliphatic rings. The van der Waals surface area contributed by atoms with Gasteiger partial charge in [0.25, 0.3) is 0 Å². The number of ketones is 3. The molecule has 0 spiro atoms. The van der Waals surface area contributed by atoms with Gasteiger partial charge in [-0.05, 0) is 109 Å². The molecule has 1 aliphatic heterocycles. The number of hydrogen-bond acceptors (Lipinski definition) is 19. The van der Waals surface area contributed by atoms with Crippen molar-refractivity contribution in [1.82, 2.24) is 40.3 Å². The van der Waals surface area contributed by atoms with Crippen LogP contribution in [-0.4, -0.2) is 174 Å². The Balaban J connectivity index is 0.746. The molecule has 6 rings (SSSR count). The molecule has 1 saturated heterocycles. The predicted octanol–water partition coefficient (Wildman–Crippen LogP) is 9.37. The summed E-state index contributed by atoms with van der Waals surface area (Å²) in [5, 5.41) is 13.6. The normalized spacial score (nSPS) is 15.9. The van der Waals surface area contributed by atoms with Crippen molar-refractivity contribution >= 4 is 85.6 Å². The molecule has 2 fully saturated rings. The van der Waals surface area contributed by atoms with E-state index in [0.29, 0.717) is 71.4 Å². The number of rotatable bonds is 48. The van der Waals surface area contributed by atoms with E-state index in [1.54, 1.807) is 28.0 Å². The quantitative estimate of drug-likeness (QED) is 0.0160. The number of pyridine rings is 1. The number of carbonyl (C=O) groups is 9. The van der Waals surface area contributed by atoms with E-state index in [4.69, 9.17) is 23.7 Å². The van der Waals surface area contributed by atoms with Crippen LogP contribution in [0, 0.1) is 19.3 Å². The lowest BCUT2D eigenvalue weighted by Crippen LogP contribution is -2.47. The van der Waals surface area contributed by atoms with Crippen LogP contribution in [0.3, 0.4) is 0 Å². The fraction of sp³-hybridized carbons (Fsp3) is 0.638. The maximum Gasteiger partial charge on any atom is 0.328 e. The highest BCUT2D eigenvalue weighted by Crippen LogP contribution is 2.59. The van der Waals surface area contributed by atoms with Crippen LogP contribution >= 0.6 is 15.9 Å². The smallest absolute Gasteiger partial charge is 0.328 e. The van der Waals surface area contributed by atoms with Crippen molar-refractivity contribution in [2.45, 2.75) is 206 Å². The van der Waals surface area contributed by atoms with Crippen molar-refractivity contribution in [1.29, 1.82) is 0 Å². The second-order valence-corrected chi connectivity index (χ2v) is 25.7. The number of aryl methyl sites for hydroxylation is 3. The van der Waals surface area contributed by atoms with E-state index in [0.717, 1.165) is 61.6 Å². The predicted molar refractivity (Wildman–Crippen MR) is 355 cm³/mol. The number of nitrogens with one attached hydrogen (secondary N) is 3.